The molecule has 0 saturated heterocycles. The number of hydrogen-bond donors (Lipinski definition) is 1. The van der Waals surface area contributed by atoms with E-state index in [0.717, 1.165) is 16.8 Å². The largest absolute Gasteiger partial charge is 0.495 e. The van der Waals surface area contributed by atoms with Gasteiger partial charge >= 0.3 is 6.18 Å². The van der Waals surface area contributed by atoms with E-state index >= 15 is 0 Å². The van der Waals surface area contributed by atoms with Crippen LogP contribution in [0, 0.1) is 5.82 Å². The molecule has 2 aromatic rings. The number of nitrogens with zero attached hydrogens (tertiary/aromatic N) is 2. The number of methoxy groups -OCH3 is 1. The van der Waals surface area contributed by atoms with Crippen LogP contribution in [-0.2, 0) is 40.5 Å². The highest BCUT2D eigenvalue weighted by Crippen LogP contribution is 2.34. The normalized spacial score (nSPS) is 14.8. The van der Waals surface area contributed by atoms with Crippen LogP contribution in [-0.4, -0.2) is 38.5 Å². The highest BCUT2D eigenvalue weighted by atomic mass is 32.2. The lowest BCUT2D eigenvalue weighted by atomic mass is 10.1. The van der Waals surface area contributed by atoms with Crippen molar-refractivity contribution in [1.29, 1.82) is 0 Å². The molecule has 0 amide bonds. The first-order valence-electron chi connectivity index (χ1n) is 8.20. The minimum atomic E-state index is -4.63. The van der Waals surface area contributed by atoms with Crippen molar-refractivity contribution in [2.45, 2.75) is 30.6 Å². The van der Waals surface area contributed by atoms with E-state index in [2.05, 4.69) is 9.82 Å². The second kappa shape index (κ2) is 7.68. The topological polar surface area (TPSA) is 82.5 Å². The quantitative estimate of drug-likeness (QED) is 0.720. The summed E-state index contributed by atoms with van der Waals surface area (Å²) in [5, 5.41) is 3.60. The zero-order valence-corrected chi connectivity index (χ0v) is 15.5. The zero-order chi connectivity index (χ0) is 20.5. The summed E-state index contributed by atoms with van der Waals surface area (Å²) < 4.78 is 91.1. The Kier molecular flexibility index (Phi) is 5.64. The fraction of sp³-hybridized carbons (Fsp3) is 0.438. The molecular weight excluding hydrogens is 406 g/mol. The number of nitrogens with one attached hydrogen (secondary N) is 1. The second-order valence-electron chi connectivity index (χ2n) is 5.99. The molecule has 12 heteroatoms. The van der Waals surface area contributed by atoms with Crippen LogP contribution < -0.4 is 9.46 Å². The van der Waals surface area contributed by atoms with Crippen LogP contribution >= 0.6 is 0 Å². The molecule has 0 spiro atoms. The van der Waals surface area contributed by atoms with Crippen molar-refractivity contribution in [3.8, 4) is 5.75 Å². The van der Waals surface area contributed by atoms with Gasteiger partial charge in [0.05, 0.1) is 26.9 Å². The van der Waals surface area contributed by atoms with E-state index in [4.69, 9.17) is 9.47 Å². The Labute approximate surface area is 158 Å². The lowest BCUT2D eigenvalue weighted by molar-refractivity contribution is -0.142. The number of aromatic nitrogens is 2. The fourth-order valence-corrected chi connectivity index (χ4v) is 4.15. The molecule has 0 radical (unpaired) electrons. The van der Waals surface area contributed by atoms with Gasteiger partial charge in [-0.05, 0) is 18.2 Å². The van der Waals surface area contributed by atoms with Crippen molar-refractivity contribution in [1.82, 2.24) is 14.5 Å². The third-order valence-corrected chi connectivity index (χ3v) is 5.68. The maximum absolute atomic E-state index is 13.4. The van der Waals surface area contributed by atoms with E-state index < -0.39 is 32.6 Å². The summed E-state index contributed by atoms with van der Waals surface area (Å²) in [5.41, 5.74) is -0.702. The Morgan fingerprint density at radius 2 is 2.11 bits per heavy atom. The van der Waals surface area contributed by atoms with Gasteiger partial charge in [-0.2, -0.15) is 18.3 Å². The van der Waals surface area contributed by atoms with Crippen molar-refractivity contribution in [2.24, 2.45) is 0 Å². The lowest BCUT2D eigenvalue weighted by Crippen LogP contribution is -2.29. The molecule has 0 atom stereocenters. The van der Waals surface area contributed by atoms with Gasteiger partial charge in [0.25, 0.3) is 0 Å². The molecule has 7 nitrogen and oxygen atoms in total. The Hall–Kier alpha value is -2.18. The van der Waals surface area contributed by atoms with Gasteiger partial charge in [0, 0.05) is 24.2 Å². The van der Waals surface area contributed by atoms with Crippen LogP contribution in [0.2, 0.25) is 0 Å². The van der Waals surface area contributed by atoms with Gasteiger partial charge in [-0.1, -0.05) is 0 Å². The summed E-state index contributed by atoms with van der Waals surface area (Å²) in [7, 11) is -2.90. The number of sulfonamides is 1. The molecule has 1 N–H and O–H groups in total. The maximum Gasteiger partial charge on any atom is 0.435 e. The number of halogens is 4. The number of rotatable bonds is 6. The van der Waals surface area contributed by atoms with Gasteiger partial charge in [-0.3, -0.25) is 4.68 Å². The van der Waals surface area contributed by atoms with Crippen LogP contribution in [0.3, 0.4) is 0 Å². The van der Waals surface area contributed by atoms with Crippen LogP contribution in [0.25, 0.3) is 0 Å². The van der Waals surface area contributed by atoms with Crippen LogP contribution in [0.1, 0.15) is 17.0 Å². The molecule has 0 fully saturated rings. The van der Waals surface area contributed by atoms with Crippen molar-refractivity contribution < 1.29 is 35.5 Å². The number of ether oxygens (including phenoxy) is 2. The van der Waals surface area contributed by atoms with Crippen molar-refractivity contribution in [3.63, 3.8) is 0 Å². The minimum absolute atomic E-state index is 0.0339. The predicted molar refractivity (Wildman–Crippen MR) is 88.7 cm³/mol. The Bertz CT molecular complexity index is 973. The molecule has 0 bridgehead atoms. The summed E-state index contributed by atoms with van der Waals surface area (Å²) in [6.45, 7) is -0.317. The van der Waals surface area contributed by atoms with Crippen LogP contribution in [0.5, 0.6) is 5.75 Å². The first-order valence-corrected chi connectivity index (χ1v) is 9.68. The minimum Gasteiger partial charge on any atom is -0.495 e. The maximum atomic E-state index is 13.4. The van der Waals surface area contributed by atoms with E-state index in [1.807, 2.05) is 0 Å². The molecule has 0 saturated carbocycles. The van der Waals surface area contributed by atoms with E-state index in [9.17, 15) is 26.0 Å². The predicted octanol–water partition coefficient (Wildman–Crippen LogP) is 2.10. The highest BCUT2D eigenvalue weighted by molar-refractivity contribution is 7.89. The molecule has 2 heterocycles. The summed E-state index contributed by atoms with van der Waals surface area (Å²) in [4.78, 5) is -0.401. The molecule has 1 aromatic heterocycles. The van der Waals surface area contributed by atoms with E-state index in [1.54, 1.807) is 0 Å². The van der Waals surface area contributed by atoms with E-state index in [-0.39, 0.29) is 44.0 Å². The summed E-state index contributed by atoms with van der Waals surface area (Å²) in [6.07, 6.45) is -4.40. The molecule has 154 valence electrons. The third-order valence-electron chi connectivity index (χ3n) is 4.20. The molecular formula is C16H17F4N3O4S. The number of fused-ring (bicyclic) bond motifs is 1. The van der Waals surface area contributed by atoms with Gasteiger partial charge in [0.1, 0.15) is 16.5 Å². The Morgan fingerprint density at radius 1 is 1.36 bits per heavy atom. The average Bonchev–Trinajstić information content (AvgIpc) is 3.01. The summed E-state index contributed by atoms with van der Waals surface area (Å²) in [5.74, 6) is -0.820. The fourth-order valence-electron chi connectivity index (χ4n) is 2.95. The number of hydrogen-bond acceptors (Lipinski definition) is 5. The van der Waals surface area contributed by atoms with Gasteiger partial charge in [-0.25, -0.2) is 17.5 Å². The Balaban J connectivity index is 1.79. The summed E-state index contributed by atoms with van der Waals surface area (Å²) >= 11 is 0. The summed E-state index contributed by atoms with van der Waals surface area (Å²) in [6, 6.07) is 3.02. The van der Waals surface area contributed by atoms with Gasteiger partial charge in [0.15, 0.2) is 5.69 Å². The van der Waals surface area contributed by atoms with Crippen molar-refractivity contribution >= 4 is 10.0 Å². The van der Waals surface area contributed by atoms with E-state index in [0.29, 0.717) is 5.69 Å². The first-order chi connectivity index (χ1) is 13.1. The highest BCUT2D eigenvalue weighted by Gasteiger charge is 2.39. The zero-order valence-electron chi connectivity index (χ0n) is 14.7. The van der Waals surface area contributed by atoms with Crippen LogP contribution in [0.4, 0.5) is 17.6 Å². The molecule has 0 unspecified atom stereocenters. The smallest absolute Gasteiger partial charge is 0.435 e. The van der Waals surface area contributed by atoms with Gasteiger partial charge in [0.2, 0.25) is 10.0 Å². The molecule has 28 heavy (non-hydrogen) atoms. The first kappa shape index (κ1) is 20.6. The van der Waals surface area contributed by atoms with Crippen LogP contribution in [0.15, 0.2) is 23.1 Å². The third kappa shape index (κ3) is 4.13. The lowest BCUT2D eigenvalue weighted by Gasteiger charge is -2.16. The standard InChI is InChI=1S/C16H17F4N3O4S/c1-26-13-3-2-10(17)8-14(13)28(24,25)21-5-6-23-12-4-7-27-9-11(12)15(22-23)16(18,19)20/h2-3,8,21H,4-7,9H2,1H3. The monoisotopic (exact) mass is 423 g/mol. The van der Waals surface area contributed by atoms with Gasteiger partial charge in [-0.15, -0.1) is 0 Å². The molecule has 1 aliphatic heterocycles. The van der Waals surface area contributed by atoms with Gasteiger partial charge < -0.3 is 9.47 Å². The average molecular weight is 423 g/mol. The molecule has 1 aliphatic rings. The molecule has 3 rings (SSSR count). The molecule has 1 aromatic carbocycles. The van der Waals surface area contributed by atoms with Crippen molar-refractivity contribution in [3.05, 3.63) is 41.0 Å². The Morgan fingerprint density at radius 3 is 2.79 bits per heavy atom. The number of benzene rings is 1. The number of alkyl halides is 3. The van der Waals surface area contributed by atoms with Crippen molar-refractivity contribution in [2.75, 3.05) is 20.3 Å². The van der Waals surface area contributed by atoms with E-state index in [1.165, 1.54) is 13.2 Å². The SMILES string of the molecule is COc1ccc(F)cc1S(=O)(=O)NCCn1nc(C(F)(F)F)c2c1CCOC2. The molecule has 0 aliphatic carbocycles. The second-order valence-corrected chi connectivity index (χ2v) is 7.73.